The maximum absolute atomic E-state index is 12.8. The van der Waals surface area contributed by atoms with Crippen molar-refractivity contribution in [1.29, 1.82) is 0 Å². The van der Waals surface area contributed by atoms with Crippen molar-refractivity contribution in [3.63, 3.8) is 0 Å². The van der Waals surface area contributed by atoms with Gasteiger partial charge in [0.15, 0.2) is 5.84 Å². The van der Waals surface area contributed by atoms with E-state index in [-0.39, 0.29) is 16.5 Å². The van der Waals surface area contributed by atoms with E-state index in [4.69, 9.17) is 4.74 Å². The van der Waals surface area contributed by atoms with Gasteiger partial charge in [-0.15, -0.1) is 4.40 Å². The maximum atomic E-state index is 12.8. The molecule has 29 heavy (non-hydrogen) atoms. The first-order chi connectivity index (χ1) is 13.9. The fourth-order valence-corrected chi connectivity index (χ4v) is 4.74. The highest BCUT2D eigenvalue weighted by atomic mass is 32.2. The zero-order chi connectivity index (χ0) is 20.6. The summed E-state index contributed by atoms with van der Waals surface area (Å²) in [5.74, 6) is -0.418. The molecule has 0 aliphatic carbocycles. The molecule has 1 atom stereocenters. The van der Waals surface area contributed by atoms with Crippen LogP contribution in [0.25, 0.3) is 0 Å². The second kappa shape index (κ2) is 7.32. The number of hydrogen-bond acceptors (Lipinski definition) is 7. The van der Waals surface area contributed by atoms with Gasteiger partial charge in [0.1, 0.15) is 16.7 Å². The Bertz CT molecular complexity index is 1110. The number of rotatable bonds is 3. The standard InChI is InChI=1S/C20H18N2O6S/c1-27-19(23)13-8-10-14(11-9-13)28-20(24)16-6-4-12-22(16)18-15-5-2-3-7-17(15)29(25,26)21-18/h2-3,5,7-11,16H,4,6,12H2,1H3/t16-/m0/s1. The van der Waals surface area contributed by atoms with Gasteiger partial charge in [-0.2, -0.15) is 8.42 Å². The van der Waals surface area contributed by atoms with E-state index in [0.717, 1.165) is 0 Å². The molecular formula is C20H18N2O6S. The van der Waals surface area contributed by atoms with Crippen molar-refractivity contribution in [3.05, 3.63) is 59.7 Å². The van der Waals surface area contributed by atoms with Crippen molar-refractivity contribution in [2.75, 3.05) is 13.7 Å². The van der Waals surface area contributed by atoms with Crippen LogP contribution in [-0.2, 0) is 19.6 Å². The Hall–Kier alpha value is -3.20. The summed E-state index contributed by atoms with van der Waals surface area (Å²) in [4.78, 5) is 26.1. The van der Waals surface area contributed by atoms with Gasteiger partial charge in [0, 0.05) is 12.1 Å². The molecule has 2 aliphatic heterocycles. The van der Waals surface area contributed by atoms with Crippen LogP contribution in [0.1, 0.15) is 28.8 Å². The normalized spacial score (nSPS) is 19.4. The van der Waals surface area contributed by atoms with Crippen molar-refractivity contribution in [1.82, 2.24) is 4.90 Å². The van der Waals surface area contributed by atoms with Gasteiger partial charge in [0.2, 0.25) is 0 Å². The topological polar surface area (TPSA) is 102 Å². The fourth-order valence-electron chi connectivity index (χ4n) is 3.52. The predicted octanol–water partition coefficient (Wildman–Crippen LogP) is 1.99. The number of benzene rings is 2. The van der Waals surface area contributed by atoms with Crippen LogP contribution in [0.15, 0.2) is 57.8 Å². The van der Waals surface area contributed by atoms with Gasteiger partial charge < -0.3 is 14.4 Å². The molecule has 0 unspecified atom stereocenters. The third-order valence-corrected chi connectivity index (χ3v) is 6.23. The van der Waals surface area contributed by atoms with Crippen LogP contribution in [0.5, 0.6) is 5.75 Å². The largest absolute Gasteiger partial charge is 0.465 e. The van der Waals surface area contributed by atoms with Crippen LogP contribution >= 0.6 is 0 Å². The first-order valence-electron chi connectivity index (χ1n) is 9.02. The molecule has 0 saturated carbocycles. The van der Waals surface area contributed by atoms with Crippen LogP contribution in [0.2, 0.25) is 0 Å². The highest BCUT2D eigenvalue weighted by molar-refractivity contribution is 7.90. The van der Waals surface area contributed by atoms with Gasteiger partial charge in [-0.25, -0.2) is 9.59 Å². The van der Waals surface area contributed by atoms with Gasteiger partial charge in [0.25, 0.3) is 10.0 Å². The Morgan fingerprint density at radius 2 is 1.83 bits per heavy atom. The number of likely N-dealkylation sites (tertiary alicyclic amines) is 1. The minimum absolute atomic E-state index is 0.146. The molecule has 0 spiro atoms. The third-order valence-electron chi connectivity index (χ3n) is 4.90. The van der Waals surface area contributed by atoms with Gasteiger partial charge in [0.05, 0.1) is 12.7 Å². The molecule has 0 N–H and O–H groups in total. The monoisotopic (exact) mass is 414 g/mol. The third kappa shape index (κ3) is 3.49. The molecule has 2 heterocycles. The molecule has 8 nitrogen and oxygen atoms in total. The number of fused-ring (bicyclic) bond motifs is 1. The van der Waals surface area contributed by atoms with E-state index in [2.05, 4.69) is 9.13 Å². The molecule has 9 heteroatoms. The summed E-state index contributed by atoms with van der Waals surface area (Å²) in [6, 6.07) is 12.0. The van der Waals surface area contributed by atoms with Gasteiger partial charge in [-0.3, -0.25) is 0 Å². The molecule has 2 aromatic carbocycles. The summed E-state index contributed by atoms with van der Waals surface area (Å²) >= 11 is 0. The average molecular weight is 414 g/mol. The molecular weight excluding hydrogens is 396 g/mol. The minimum Gasteiger partial charge on any atom is -0.465 e. The smallest absolute Gasteiger partial charge is 0.337 e. The van der Waals surface area contributed by atoms with Crippen LogP contribution in [0, 0.1) is 0 Å². The highest BCUT2D eigenvalue weighted by Crippen LogP contribution is 2.31. The molecule has 2 aliphatic rings. The van der Waals surface area contributed by atoms with Gasteiger partial charge in [-0.05, 0) is 49.2 Å². The predicted molar refractivity (Wildman–Crippen MR) is 103 cm³/mol. The van der Waals surface area contributed by atoms with Crippen LogP contribution in [0.3, 0.4) is 0 Å². The van der Waals surface area contributed by atoms with E-state index in [1.54, 1.807) is 23.1 Å². The first kappa shape index (κ1) is 19.1. The molecule has 150 valence electrons. The number of hydrogen-bond donors (Lipinski definition) is 0. The van der Waals surface area contributed by atoms with Crippen molar-refractivity contribution in [3.8, 4) is 5.75 Å². The van der Waals surface area contributed by atoms with Crippen molar-refractivity contribution < 1.29 is 27.5 Å². The molecule has 0 radical (unpaired) electrons. The second-order valence-corrected chi connectivity index (χ2v) is 8.25. The Morgan fingerprint density at radius 1 is 1.10 bits per heavy atom. The number of amidine groups is 1. The van der Waals surface area contributed by atoms with Gasteiger partial charge in [-0.1, -0.05) is 12.1 Å². The minimum atomic E-state index is -3.77. The lowest BCUT2D eigenvalue weighted by Crippen LogP contribution is -2.42. The number of nitrogens with zero attached hydrogens (tertiary/aromatic N) is 2. The lowest BCUT2D eigenvalue weighted by Gasteiger charge is -2.24. The quantitative estimate of drug-likeness (QED) is 0.559. The molecule has 4 rings (SSSR count). The number of carbonyl (C=O) groups is 2. The van der Waals surface area contributed by atoms with E-state index in [9.17, 15) is 18.0 Å². The highest BCUT2D eigenvalue weighted by Gasteiger charge is 2.40. The fraction of sp³-hybridized carbons (Fsp3) is 0.250. The summed E-state index contributed by atoms with van der Waals surface area (Å²) in [7, 11) is -2.48. The number of ether oxygens (including phenoxy) is 2. The summed E-state index contributed by atoms with van der Waals surface area (Å²) in [5, 5.41) is 0. The summed E-state index contributed by atoms with van der Waals surface area (Å²) < 4.78 is 38.7. The van der Waals surface area contributed by atoms with Gasteiger partial charge >= 0.3 is 11.9 Å². The Labute approximate surface area is 167 Å². The van der Waals surface area contributed by atoms with Crippen molar-refractivity contribution in [2.45, 2.75) is 23.8 Å². The van der Waals surface area contributed by atoms with E-state index in [1.807, 2.05) is 0 Å². The summed E-state index contributed by atoms with van der Waals surface area (Å²) in [5.41, 5.74) is 0.839. The van der Waals surface area contributed by atoms with Crippen molar-refractivity contribution >= 4 is 27.8 Å². The zero-order valence-corrected chi connectivity index (χ0v) is 16.4. The first-order valence-corrected chi connectivity index (χ1v) is 10.5. The summed E-state index contributed by atoms with van der Waals surface area (Å²) in [6.07, 6.45) is 1.24. The molecule has 1 saturated heterocycles. The number of esters is 2. The van der Waals surface area contributed by atoms with Crippen LogP contribution in [-0.4, -0.2) is 50.8 Å². The summed E-state index contributed by atoms with van der Waals surface area (Å²) in [6.45, 7) is 0.504. The lowest BCUT2D eigenvalue weighted by molar-refractivity contribution is -0.138. The molecule has 1 fully saturated rings. The Balaban J connectivity index is 1.55. The Morgan fingerprint density at radius 3 is 2.55 bits per heavy atom. The SMILES string of the molecule is COC(=O)c1ccc(OC(=O)[C@@H]2CCCN2C2=NS(=O)(=O)c3ccccc32)cc1. The Kier molecular flexibility index (Phi) is 4.83. The van der Waals surface area contributed by atoms with Crippen LogP contribution in [0.4, 0.5) is 0 Å². The van der Waals surface area contributed by atoms with Crippen LogP contribution < -0.4 is 4.74 Å². The van der Waals surface area contributed by atoms with E-state index < -0.39 is 28.0 Å². The molecule has 0 aromatic heterocycles. The van der Waals surface area contributed by atoms with E-state index in [1.165, 1.54) is 37.4 Å². The maximum Gasteiger partial charge on any atom is 0.337 e. The lowest BCUT2D eigenvalue weighted by atomic mass is 10.1. The zero-order valence-electron chi connectivity index (χ0n) is 15.6. The molecule has 2 aromatic rings. The second-order valence-electron chi connectivity index (χ2n) is 6.67. The van der Waals surface area contributed by atoms with E-state index in [0.29, 0.717) is 30.5 Å². The number of carbonyl (C=O) groups excluding carboxylic acids is 2. The number of methoxy groups -OCH3 is 1. The molecule has 0 amide bonds. The molecule has 0 bridgehead atoms. The van der Waals surface area contributed by atoms with Crippen molar-refractivity contribution in [2.24, 2.45) is 4.40 Å². The average Bonchev–Trinajstić information content (AvgIpc) is 3.31. The number of sulfonamides is 1. The van der Waals surface area contributed by atoms with E-state index >= 15 is 0 Å².